The van der Waals surface area contributed by atoms with Crippen molar-refractivity contribution in [3.63, 3.8) is 0 Å². The van der Waals surface area contributed by atoms with E-state index in [0.717, 1.165) is 15.7 Å². The van der Waals surface area contributed by atoms with Crippen molar-refractivity contribution in [3.05, 3.63) is 55.9 Å². The molecule has 27 heavy (non-hydrogen) atoms. The number of benzene rings is 1. The lowest BCUT2D eigenvalue weighted by Gasteiger charge is -2.23. The first-order valence-electron chi connectivity index (χ1n) is 8.38. The number of halogens is 1. The number of anilines is 2. The molecule has 1 aromatic heterocycles. The van der Waals surface area contributed by atoms with Gasteiger partial charge in [0.15, 0.2) is 0 Å². The number of aliphatic hydroxyl groups excluding tert-OH is 1. The summed E-state index contributed by atoms with van der Waals surface area (Å²) in [5, 5.41) is 12.5. The SMILES string of the molecule is Cc1cc(Br)ccc1Nc1c(C(=O)NOC(C)(C)CO)cn(C)c(=O)c1C. The number of aliphatic hydroxyl groups is 1. The van der Waals surface area contributed by atoms with E-state index in [1.165, 1.54) is 10.8 Å². The molecule has 146 valence electrons. The molecule has 0 saturated carbocycles. The fourth-order valence-electron chi connectivity index (χ4n) is 2.40. The van der Waals surface area contributed by atoms with E-state index < -0.39 is 11.5 Å². The van der Waals surface area contributed by atoms with Gasteiger partial charge in [0.25, 0.3) is 11.5 Å². The number of hydrogen-bond acceptors (Lipinski definition) is 5. The highest BCUT2D eigenvalue weighted by molar-refractivity contribution is 9.10. The Labute approximate surface area is 166 Å². The summed E-state index contributed by atoms with van der Waals surface area (Å²) in [6, 6.07) is 5.67. The summed E-state index contributed by atoms with van der Waals surface area (Å²) in [6.07, 6.45) is 1.45. The van der Waals surface area contributed by atoms with Crippen molar-refractivity contribution in [2.45, 2.75) is 33.3 Å². The van der Waals surface area contributed by atoms with Crippen molar-refractivity contribution < 1.29 is 14.7 Å². The normalized spacial score (nSPS) is 11.4. The van der Waals surface area contributed by atoms with Crippen molar-refractivity contribution >= 4 is 33.2 Å². The van der Waals surface area contributed by atoms with Crippen LogP contribution < -0.4 is 16.4 Å². The molecule has 0 aliphatic rings. The second-order valence-electron chi connectivity index (χ2n) is 6.99. The standard InChI is InChI=1S/C19H24BrN3O4/c1-11-8-13(20)6-7-15(11)21-16-12(2)18(26)23(5)9-14(16)17(25)22-27-19(3,4)10-24/h6-9,21,24H,10H2,1-5H3,(H,22,25). The second-order valence-corrected chi connectivity index (χ2v) is 7.91. The number of carbonyl (C=O) groups excluding carboxylic acids is 1. The Morgan fingerprint density at radius 1 is 1.33 bits per heavy atom. The number of aromatic nitrogens is 1. The Hall–Kier alpha value is -2.16. The molecule has 0 fully saturated rings. The van der Waals surface area contributed by atoms with E-state index in [0.29, 0.717) is 11.3 Å². The van der Waals surface area contributed by atoms with Gasteiger partial charge in [-0.2, -0.15) is 0 Å². The van der Waals surface area contributed by atoms with E-state index in [-0.39, 0.29) is 17.7 Å². The molecule has 2 aromatic rings. The molecule has 0 spiro atoms. The minimum absolute atomic E-state index is 0.208. The van der Waals surface area contributed by atoms with Crippen molar-refractivity contribution in [1.82, 2.24) is 10.0 Å². The molecule has 7 nitrogen and oxygen atoms in total. The Morgan fingerprint density at radius 3 is 2.59 bits per heavy atom. The number of carbonyl (C=O) groups is 1. The van der Waals surface area contributed by atoms with Gasteiger partial charge in [-0.25, -0.2) is 5.48 Å². The van der Waals surface area contributed by atoms with Crippen LogP contribution in [0, 0.1) is 13.8 Å². The maximum absolute atomic E-state index is 12.7. The van der Waals surface area contributed by atoms with Gasteiger partial charge in [0.1, 0.15) is 5.60 Å². The molecule has 8 heteroatoms. The summed E-state index contributed by atoms with van der Waals surface area (Å²) in [7, 11) is 1.58. The number of amides is 1. The number of pyridine rings is 1. The fraction of sp³-hybridized carbons (Fsp3) is 0.368. The first-order chi connectivity index (χ1) is 12.6. The van der Waals surface area contributed by atoms with E-state index in [1.54, 1.807) is 27.8 Å². The van der Waals surface area contributed by atoms with Crippen LogP contribution in [0.15, 0.2) is 33.7 Å². The monoisotopic (exact) mass is 437 g/mol. The van der Waals surface area contributed by atoms with E-state index in [1.807, 2.05) is 25.1 Å². The molecular weight excluding hydrogens is 414 g/mol. The maximum Gasteiger partial charge on any atom is 0.278 e. The molecule has 0 aliphatic carbocycles. The van der Waals surface area contributed by atoms with Crippen molar-refractivity contribution in [3.8, 4) is 0 Å². The van der Waals surface area contributed by atoms with Gasteiger partial charge in [0.2, 0.25) is 0 Å². The highest BCUT2D eigenvalue weighted by atomic mass is 79.9. The predicted molar refractivity (Wildman–Crippen MR) is 108 cm³/mol. The summed E-state index contributed by atoms with van der Waals surface area (Å²) < 4.78 is 2.28. The largest absolute Gasteiger partial charge is 0.393 e. The third-order valence-electron chi connectivity index (χ3n) is 4.10. The van der Waals surface area contributed by atoms with Crippen LogP contribution in [0.4, 0.5) is 11.4 Å². The summed E-state index contributed by atoms with van der Waals surface area (Å²) >= 11 is 3.42. The average molecular weight is 438 g/mol. The summed E-state index contributed by atoms with van der Waals surface area (Å²) in [5.74, 6) is -0.521. The van der Waals surface area contributed by atoms with Crippen LogP contribution in [-0.2, 0) is 11.9 Å². The molecule has 0 aliphatic heterocycles. The van der Waals surface area contributed by atoms with Crippen LogP contribution in [0.2, 0.25) is 0 Å². The minimum Gasteiger partial charge on any atom is -0.393 e. The Balaban J connectivity index is 2.45. The van der Waals surface area contributed by atoms with Crippen molar-refractivity contribution in [2.75, 3.05) is 11.9 Å². The molecule has 3 N–H and O–H groups in total. The molecular formula is C19H24BrN3O4. The molecule has 0 saturated heterocycles. The average Bonchev–Trinajstić information content (AvgIpc) is 2.61. The number of aryl methyl sites for hydroxylation is 2. The summed E-state index contributed by atoms with van der Waals surface area (Å²) in [5.41, 5.74) is 4.02. The van der Waals surface area contributed by atoms with Gasteiger partial charge >= 0.3 is 0 Å². The smallest absolute Gasteiger partial charge is 0.278 e. The molecule has 1 heterocycles. The Morgan fingerprint density at radius 2 is 2.00 bits per heavy atom. The topological polar surface area (TPSA) is 92.6 Å². The maximum atomic E-state index is 12.7. The first-order valence-corrected chi connectivity index (χ1v) is 9.17. The number of hydrogen-bond donors (Lipinski definition) is 3. The van der Waals surface area contributed by atoms with Crippen LogP contribution in [0.5, 0.6) is 0 Å². The van der Waals surface area contributed by atoms with Crippen molar-refractivity contribution in [2.24, 2.45) is 7.05 Å². The van der Waals surface area contributed by atoms with Gasteiger partial charge in [-0.15, -0.1) is 0 Å². The zero-order valence-corrected chi connectivity index (χ0v) is 17.6. The number of rotatable bonds is 6. The summed E-state index contributed by atoms with van der Waals surface area (Å²) in [4.78, 5) is 30.3. The number of nitrogens with one attached hydrogen (secondary N) is 2. The van der Waals surface area contributed by atoms with E-state index in [9.17, 15) is 14.7 Å². The molecule has 2 rings (SSSR count). The van der Waals surface area contributed by atoms with Crippen LogP contribution in [0.3, 0.4) is 0 Å². The zero-order chi connectivity index (χ0) is 20.4. The van der Waals surface area contributed by atoms with E-state index in [4.69, 9.17) is 4.84 Å². The summed E-state index contributed by atoms with van der Waals surface area (Å²) in [6.45, 7) is 6.61. The lowest BCUT2D eigenvalue weighted by Crippen LogP contribution is -2.39. The molecule has 1 amide bonds. The van der Waals surface area contributed by atoms with Gasteiger partial charge < -0.3 is 15.0 Å². The Bertz CT molecular complexity index is 922. The van der Waals surface area contributed by atoms with Gasteiger partial charge in [-0.3, -0.25) is 14.4 Å². The van der Waals surface area contributed by atoms with Crippen LogP contribution in [0.1, 0.15) is 35.3 Å². The lowest BCUT2D eigenvalue weighted by molar-refractivity contribution is -0.0956. The molecule has 0 bridgehead atoms. The lowest BCUT2D eigenvalue weighted by atomic mass is 10.1. The molecule has 0 atom stereocenters. The number of hydroxylamine groups is 1. The van der Waals surface area contributed by atoms with Gasteiger partial charge in [-0.05, 0) is 51.5 Å². The van der Waals surface area contributed by atoms with Gasteiger partial charge in [0, 0.05) is 29.0 Å². The van der Waals surface area contributed by atoms with E-state index >= 15 is 0 Å². The first kappa shape index (κ1) is 21.1. The predicted octanol–water partition coefficient (Wildman–Crippen LogP) is 2.94. The quantitative estimate of drug-likeness (QED) is 0.604. The third-order valence-corrected chi connectivity index (χ3v) is 4.60. The molecule has 1 aromatic carbocycles. The zero-order valence-electron chi connectivity index (χ0n) is 16.0. The van der Waals surface area contributed by atoms with Crippen LogP contribution in [0.25, 0.3) is 0 Å². The Kier molecular flexibility index (Phi) is 6.46. The van der Waals surface area contributed by atoms with E-state index in [2.05, 4.69) is 26.7 Å². The highest BCUT2D eigenvalue weighted by Crippen LogP contribution is 2.27. The highest BCUT2D eigenvalue weighted by Gasteiger charge is 2.22. The fourth-order valence-corrected chi connectivity index (χ4v) is 2.87. The third kappa shape index (κ3) is 4.97. The van der Waals surface area contributed by atoms with Gasteiger partial charge in [-0.1, -0.05) is 15.9 Å². The van der Waals surface area contributed by atoms with Crippen LogP contribution >= 0.6 is 15.9 Å². The minimum atomic E-state index is -0.929. The van der Waals surface area contributed by atoms with Crippen LogP contribution in [-0.4, -0.2) is 27.8 Å². The van der Waals surface area contributed by atoms with Crippen molar-refractivity contribution in [1.29, 1.82) is 0 Å². The molecule has 0 radical (unpaired) electrons. The van der Waals surface area contributed by atoms with Gasteiger partial charge in [0.05, 0.1) is 17.9 Å². The second kappa shape index (κ2) is 8.24. The molecule has 0 unspecified atom stereocenters. The number of nitrogens with zero attached hydrogens (tertiary/aromatic N) is 1.